The molecular weight excluding hydrogens is 1860 g/mol. The Morgan fingerprint density at radius 3 is 0.871 bits per heavy atom. The Morgan fingerprint density at radius 2 is 0.469 bits per heavy atom. The van der Waals surface area contributed by atoms with Crippen molar-refractivity contribution < 1.29 is 41.6 Å². The number of fused-ring (bicyclic) bond motifs is 33. The van der Waals surface area contributed by atoms with Crippen LogP contribution in [0.1, 0.15) is 150 Å². The molecule has 0 aliphatic carbocycles. The second kappa shape index (κ2) is 31.5. The molecule has 714 valence electrons. The summed E-state index contributed by atoms with van der Waals surface area (Å²) in [6.07, 6.45) is 0. The van der Waals surface area contributed by atoms with Crippen molar-refractivity contribution in [3.05, 3.63) is 485 Å². The predicted molar refractivity (Wildman–Crippen MR) is 604 cm³/mol. The molecule has 0 amide bonds. The van der Waals surface area contributed by atoms with Crippen molar-refractivity contribution in [3.63, 3.8) is 0 Å². The van der Waals surface area contributed by atoms with Gasteiger partial charge < -0.3 is 55.3 Å². The first kappa shape index (κ1) is 90.5. The molecule has 3 spiro atoms. The van der Waals surface area contributed by atoms with Crippen LogP contribution in [0.25, 0.3) is 82.5 Å². The molecule has 6 atom stereocenters. The van der Waals surface area contributed by atoms with Crippen LogP contribution in [0.4, 0.5) is 0 Å². The van der Waals surface area contributed by atoms with Crippen LogP contribution < -0.4 is 64.1 Å². The lowest BCUT2D eigenvalue weighted by Crippen LogP contribution is -2.55. The highest BCUT2D eigenvalue weighted by molar-refractivity contribution is 7.86. The average molecular weight is 1970 g/mol. The minimum Gasteiger partial charge on any atom is -0.399 e. The first-order valence-electron chi connectivity index (χ1n) is 51.2. The highest BCUT2D eigenvalue weighted by Gasteiger charge is 2.63. The molecule has 6 unspecified atom stereocenters. The zero-order valence-electron chi connectivity index (χ0n) is 83.9. The van der Waals surface area contributed by atoms with Gasteiger partial charge in [-0.25, -0.2) is 0 Å². The fourth-order valence-corrected chi connectivity index (χ4v) is 36.2. The molecule has 0 N–H and O–H groups in total. The molecule has 30 rings (SSSR count). The lowest BCUT2D eigenvalue weighted by molar-refractivity contribution is 0.00578. The van der Waals surface area contributed by atoms with Gasteiger partial charge in [0.1, 0.15) is 0 Å². The SMILES string of the molecule is CC1(C)OB(c2ccc3c(c2)C2(c4ccccc4-n4c5ccccc5c5cccc2c54)c2ccccc2P3(=O)c2ccccc2)OC1(C)C.CC1(C)OB(c2ccc3c(c2)P(=O)(c2ccccc2)c2ccccc2C32c3ccccc3-n3c4ccccc4c4cccc2c43)OC1(C)C.CC1(C)OB(c2cccc3c2P(=O)(c2ccccc2)c2ccccc2C32c3ccccc3-n3c4ccccc4c4cccc2c43)OC1(C)C. The maximum atomic E-state index is 16.6. The van der Waals surface area contributed by atoms with E-state index >= 15 is 13.7 Å². The van der Waals surface area contributed by atoms with E-state index in [1.54, 1.807) is 0 Å². The number of aromatic nitrogens is 3. The van der Waals surface area contributed by atoms with Gasteiger partial charge in [0.05, 0.1) is 100 Å². The smallest absolute Gasteiger partial charge is 0.399 e. The molecule has 18 aromatic carbocycles. The summed E-state index contributed by atoms with van der Waals surface area (Å²) in [7, 11) is -12.0. The van der Waals surface area contributed by atoms with Gasteiger partial charge in [-0.1, -0.05) is 382 Å². The normalized spacial score (nSPS) is 22.7. The van der Waals surface area contributed by atoms with Gasteiger partial charge in [-0.05, 0) is 203 Å². The molecule has 21 aromatic rings. The first-order valence-corrected chi connectivity index (χ1v) is 56.3. The summed E-state index contributed by atoms with van der Waals surface area (Å²) in [6.45, 7) is 24.9. The van der Waals surface area contributed by atoms with Crippen LogP contribution in [-0.4, -0.2) is 68.7 Å². The number of hydrogen-bond acceptors (Lipinski definition) is 9. The number of nitrogens with zero attached hydrogens (tertiary/aromatic N) is 3. The minimum absolute atomic E-state index is 0.499. The van der Waals surface area contributed by atoms with Crippen molar-refractivity contribution >= 4 is 172 Å². The predicted octanol–water partition coefficient (Wildman–Crippen LogP) is 23.2. The molecular formula is C129H105B3N3O9P3. The van der Waals surface area contributed by atoms with E-state index in [1.807, 2.05) is 109 Å². The third-order valence-electron chi connectivity index (χ3n) is 35.1. The summed E-state index contributed by atoms with van der Waals surface area (Å²) in [5.74, 6) is 0. The molecule has 0 radical (unpaired) electrons. The van der Waals surface area contributed by atoms with Gasteiger partial charge in [-0.3, -0.25) is 0 Å². The fourth-order valence-electron chi connectivity index (χ4n) is 26.5. The molecule has 147 heavy (non-hydrogen) atoms. The number of benzene rings is 18. The lowest BCUT2D eigenvalue weighted by Gasteiger charge is -2.48. The number of hydrogen-bond donors (Lipinski definition) is 0. The Kier molecular flexibility index (Phi) is 19.4. The topological polar surface area (TPSA) is 121 Å². The van der Waals surface area contributed by atoms with Crippen molar-refractivity contribution in [2.24, 2.45) is 0 Å². The highest BCUT2D eigenvalue weighted by atomic mass is 31.2. The first-order chi connectivity index (χ1) is 71.0. The Bertz CT molecular complexity index is 9180. The summed E-state index contributed by atoms with van der Waals surface area (Å²) >= 11 is 0. The van der Waals surface area contributed by atoms with E-state index in [1.165, 1.54) is 87.7 Å². The Hall–Kier alpha value is -14.0. The van der Waals surface area contributed by atoms with E-state index in [0.29, 0.717) is 0 Å². The molecule has 3 saturated heterocycles. The van der Waals surface area contributed by atoms with E-state index in [9.17, 15) is 0 Å². The summed E-state index contributed by atoms with van der Waals surface area (Å²) in [4.78, 5) is 0. The number of rotatable bonds is 6. The van der Waals surface area contributed by atoms with Gasteiger partial charge >= 0.3 is 21.4 Å². The summed E-state index contributed by atoms with van der Waals surface area (Å²) < 4.78 is 96.6. The van der Waals surface area contributed by atoms with Gasteiger partial charge in [-0.15, -0.1) is 0 Å². The zero-order valence-corrected chi connectivity index (χ0v) is 86.6. The summed E-state index contributed by atoms with van der Waals surface area (Å²) in [6, 6.07) is 147. The van der Waals surface area contributed by atoms with E-state index in [-0.39, 0.29) is 0 Å². The van der Waals surface area contributed by atoms with Crippen molar-refractivity contribution in [1.82, 2.24) is 13.7 Å². The van der Waals surface area contributed by atoms with E-state index in [2.05, 4.69) is 406 Å². The summed E-state index contributed by atoms with van der Waals surface area (Å²) in [5, 5.41) is 14.9. The molecule has 12 heterocycles. The van der Waals surface area contributed by atoms with Crippen molar-refractivity contribution in [1.29, 1.82) is 0 Å². The molecule has 3 fully saturated rings. The second-order valence-electron chi connectivity index (χ2n) is 43.9. The molecule has 12 nitrogen and oxygen atoms in total. The van der Waals surface area contributed by atoms with Crippen LogP contribution in [0.2, 0.25) is 0 Å². The van der Waals surface area contributed by atoms with Gasteiger partial charge in [-0.2, -0.15) is 0 Å². The Morgan fingerprint density at radius 1 is 0.204 bits per heavy atom. The Balaban J connectivity index is 0.000000107. The van der Waals surface area contributed by atoms with Crippen LogP contribution in [0, 0.1) is 0 Å². The second-order valence-corrected chi connectivity index (χ2v) is 52.0. The minimum atomic E-state index is -3.48. The molecule has 0 bridgehead atoms. The van der Waals surface area contributed by atoms with Gasteiger partial charge in [0, 0.05) is 80.1 Å². The van der Waals surface area contributed by atoms with Crippen LogP contribution in [-0.2, 0) is 57.9 Å². The average Bonchev–Trinajstić information content (AvgIpc) is 1.64. The number of para-hydroxylation sites is 9. The van der Waals surface area contributed by atoms with Crippen LogP contribution in [0.5, 0.6) is 0 Å². The van der Waals surface area contributed by atoms with E-state index in [0.717, 1.165) is 126 Å². The van der Waals surface area contributed by atoms with Crippen molar-refractivity contribution in [2.75, 3.05) is 0 Å². The third-order valence-corrected chi connectivity index (χ3v) is 44.6. The monoisotopic (exact) mass is 1970 g/mol. The molecule has 9 aliphatic rings. The standard InChI is InChI=1S/3C43H35BNO3P/c1-41(2)42(3,4)48-44(47-41)35-24-15-23-34-40(35)49(46,28-16-6-5-7-17-28)38-27-13-10-21-32(38)43(34)31-20-9-12-26-37(31)45-36-25-11-8-18-29(36)30-19-14-22-33(43)39(30)45;1-41(2)42(3,4)48-44(47-41)28-25-26-34-39(27-28)49(46,29-15-6-5-7-16-29)38-24-13-10-20-33(38)43(34)32-19-9-12-23-37(32)45-36-22-11-8-17-30(36)31-18-14-21-35(43)40(31)45;1-41(2)42(3,4)48-44(47-41)28-25-26-39-35(27-28)43(33-20-10-13-24-38(33)49(39,46)29-15-6-5-7-16-29)32-19-9-12-23-37(32)45-36-22-11-8-17-30(36)31-18-14-21-34(43)40(31)45/h3*5-27H,1-4H3. The van der Waals surface area contributed by atoms with Crippen molar-refractivity contribution in [2.45, 2.75) is 133 Å². The molecule has 0 saturated carbocycles. The molecule has 3 aromatic heterocycles. The van der Waals surface area contributed by atoms with E-state index < -0.39 is 92.6 Å². The van der Waals surface area contributed by atoms with Gasteiger partial charge in [0.2, 0.25) is 0 Å². The maximum Gasteiger partial charge on any atom is 0.495 e. The zero-order chi connectivity index (χ0) is 100. The quantitative estimate of drug-likeness (QED) is 0.118. The fraction of sp³-hybridized carbons (Fsp3) is 0.163. The van der Waals surface area contributed by atoms with Gasteiger partial charge in [0.25, 0.3) is 0 Å². The van der Waals surface area contributed by atoms with Crippen molar-refractivity contribution in [3.8, 4) is 17.1 Å². The summed E-state index contributed by atoms with van der Waals surface area (Å²) in [5.41, 5.74) is 21.0. The molecule has 9 aliphatic heterocycles. The van der Waals surface area contributed by atoms with E-state index in [4.69, 9.17) is 27.9 Å². The lowest BCUT2D eigenvalue weighted by atomic mass is 9.61. The maximum absolute atomic E-state index is 16.6. The van der Waals surface area contributed by atoms with Crippen LogP contribution >= 0.6 is 21.4 Å². The third kappa shape index (κ3) is 11.8. The Labute approximate surface area is 856 Å². The largest absolute Gasteiger partial charge is 0.495 e. The van der Waals surface area contributed by atoms with Crippen LogP contribution in [0.15, 0.2) is 419 Å². The molecule has 18 heteroatoms. The van der Waals surface area contributed by atoms with Crippen LogP contribution in [0.3, 0.4) is 0 Å². The highest BCUT2D eigenvalue weighted by Crippen LogP contribution is 2.66. The van der Waals surface area contributed by atoms with Gasteiger partial charge in [0.15, 0.2) is 21.4 Å².